The number of methoxy groups -OCH3 is 1. The average molecular weight is 508 g/mol. The zero-order valence-corrected chi connectivity index (χ0v) is 21.4. The molecule has 0 bridgehead atoms. The molecule has 0 saturated carbocycles. The average Bonchev–Trinajstić information content (AvgIpc) is 3.26. The second-order valence-corrected chi connectivity index (χ2v) is 9.79. The minimum atomic E-state index is 0. The van der Waals surface area contributed by atoms with Crippen LogP contribution in [0.15, 0.2) is 47.4 Å². The first-order valence-corrected chi connectivity index (χ1v) is 12.7. The maximum absolute atomic E-state index is 13.3. The van der Waals surface area contributed by atoms with Crippen molar-refractivity contribution >= 4 is 56.8 Å². The van der Waals surface area contributed by atoms with Crippen molar-refractivity contribution in [3.63, 3.8) is 0 Å². The Hall–Kier alpha value is -1.84. The number of anilines is 1. The molecule has 1 aliphatic rings. The van der Waals surface area contributed by atoms with Crippen molar-refractivity contribution in [2.75, 3.05) is 57.2 Å². The molecule has 178 valence electrons. The lowest BCUT2D eigenvalue weighted by atomic mass is 10.2. The first-order valence-electron chi connectivity index (χ1n) is 10.9. The molecular formula is C24H30ClN3O3S2. The second-order valence-electron chi connectivity index (χ2n) is 7.74. The Labute approximate surface area is 209 Å². The van der Waals surface area contributed by atoms with Gasteiger partial charge in [0, 0.05) is 31.1 Å². The highest BCUT2D eigenvalue weighted by atomic mass is 35.5. The van der Waals surface area contributed by atoms with Crippen molar-refractivity contribution in [2.45, 2.75) is 18.2 Å². The number of morpholine rings is 1. The molecule has 0 spiro atoms. The molecule has 3 aromatic rings. The van der Waals surface area contributed by atoms with Crippen molar-refractivity contribution in [3.8, 4) is 5.75 Å². The molecule has 33 heavy (non-hydrogen) atoms. The summed E-state index contributed by atoms with van der Waals surface area (Å²) in [7, 11) is 1.65. The lowest BCUT2D eigenvalue weighted by Gasteiger charge is -2.27. The number of aromatic nitrogens is 1. The van der Waals surface area contributed by atoms with Crippen LogP contribution in [0.1, 0.15) is 12.0 Å². The van der Waals surface area contributed by atoms with Crippen LogP contribution < -0.4 is 9.64 Å². The third-order valence-electron chi connectivity index (χ3n) is 5.52. The monoisotopic (exact) mass is 507 g/mol. The fourth-order valence-corrected chi connectivity index (χ4v) is 5.55. The highest BCUT2D eigenvalue weighted by Gasteiger charge is 2.21. The van der Waals surface area contributed by atoms with Gasteiger partial charge in [0.25, 0.3) is 0 Å². The molecule has 1 saturated heterocycles. The van der Waals surface area contributed by atoms with E-state index < -0.39 is 0 Å². The van der Waals surface area contributed by atoms with E-state index in [-0.39, 0.29) is 18.3 Å². The smallest absolute Gasteiger partial charge is 0.239 e. The lowest BCUT2D eigenvalue weighted by Crippen LogP contribution is -2.39. The van der Waals surface area contributed by atoms with Gasteiger partial charge in [-0.1, -0.05) is 23.5 Å². The van der Waals surface area contributed by atoms with Crippen LogP contribution in [0.25, 0.3) is 10.2 Å². The first-order chi connectivity index (χ1) is 15.6. The molecule has 2 heterocycles. The number of thioether (sulfide) groups is 1. The number of halogens is 1. The summed E-state index contributed by atoms with van der Waals surface area (Å²) in [6.45, 7) is 7.19. The molecule has 9 heteroatoms. The van der Waals surface area contributed by atoms with Gasteiger partial charge in [-0.3, -0.25) is 14.6 Å². The Morgan fingerprint density at radius 3 is 2.67 bits per heavy atom. The summed E-state index contributed by atoms with van der Waals surface area (Å²) in [6, 6.07) is 14.0. The highest BCUT2D eigenvalue weighted by molar-refractivity contribution is 8.00. The molecule has 1 amide bonds. The Kier molecular flexibility index (Phi) is 9.82. The normalized spacial score (nSPS) is 14.1. The van der Waals surface area contributed by atoms with E-state index in [1.165, 1.54) is 0 Å². The molecule has 6 nitrogen and oxygen atoms in total. The van der Waals surface area contributed by atoms with E-state index in [9.17, 15) is 4.79 Å². The Morgan fingerprint density at radius 1 is 1.21 bits per heavy atom. The van der Waals surface area contributed by atoms with Gasteiger partial charge in [-0.05, 0) is 49.2 Å². The van der Waals surface area contributed by atoms with Crippen LogP contribution in [0, 0.1) is 6.92 Å². The SMILES string of the molecule is COc1ccc(SCC(=O)N(CCCN2CCOCC2)c2nc3c(C)cccc3s2)cc1.Cl. The molecular weight excluding hydrogens is 478 g/mol. The predicted molar refractivity (Wildman–Crippen MR) is 140 cm³/mol. The highest BCUT2D eigenvalue weighted by Crippen LogP contribution is 2.31. The lowest BCUT2D eigenvalue weighted by molar-refractivity contribution is -0.116. The van der Waals surface area contributed by atoms with Gasteiger partial charge < -0.3 is 9.47 Å². The topological polar surface area (TPSA) is 54.9 Å². The van der Waals surface area contributed by atoms with Crippen LogP contribution in [0.2, 0.25) is 0 Å². The summed E-state index contributed by atoms with van der Waals surface area (Å²) in [5, 5.41) is 0.789. The fourth-order valence-electron chi connectivity index (χ4n) is 3.69. The number of aryl methyl sites for hydroxylation is 1. The van der Waals surface area contributed by atoms with Gasteiger partial charge in [0.2, 0.25) is 5.91 Å². The van der Waals surface area contributed by atoms with Crippen molar-refractivity contribution in [1.29, 1.82) is 0 Å². The van der Waals surface area contributed by atoms with Crippen LogP contribution >= 0.6 is 35.5 Å². The number of amides is 1. The van der Waals surface area contributed by atoms with Crippen molar-refractivity contribution < 1.29 is 14.3 Å². The molecule has 0 unspecified atom stereocenters. The van der Waals surface area contributed by atoms with Crippen LogP contribution in [0.5, 0.6) is 5.75 Å². The minimum Gasteiger partial charge on any atom is -0.497 e. The van der Waals surface area contributed by atoms with E-state index in [2.05, 4.69) is 24.0 Å². The van der Waals surface area contributed by atoms with Gasteiger partial charge in [0.1, 0.15) is 5.75 Å². The van der Waals surface area contributed by atoms with Gasteiger partial charge in [0.15, 0.2) is 5.13 Å². The number of thiazole rings is 1. The Morgan fingerprint density at radius 2 is 1.97 bits per heavy atom. The molecule has 2 aromatic carbocycles. The maximum Gasteiger partial charge on any atom is 0.239 e. The van der Waals surface area contributed by atoms with E-state index in [1.807, 2.05) is 35.2 Å². The second kappa shape index (κ2) is 12.6. The number of rotatable bonds is 9. The van der Waals surface area contributed by atoms with Crippen LogP contribution in [-0.4, -0.2) is 68.0 Å². The van der Waals surface area contributed by atoms with Crippen molar-refractivity contribution in [1.82, 2.24) is 9.88 Å². The molecule has 1 aromatic heterocycles. The molecule has 1 fully saturated rings. The van der Waals surface area contributed by atoms with Gasteiger partial charge in [-0.25, -0.2) is 4.98 Å². The summed E-state index contributed by atoms with van der Waals surface area (Å²) >= 11 is 3.14. The summed E-state index contributed by atoms with van der Waals surface area (Å²) in [6.07, 6.45) is 0.911. The van der Waals surface area contributed by atoms with E-state index >= 15 is 0 Å². The third-order valence-corrected chi connectivity index (χ3v) is 7.56. The van der Waals surface area contributed by atoms with E-state index in [0.29, 0.717) is 12.3 Å². The van der Waals surface area contributed by atoms with E-state index in [4.69, 9.17) is 14.5 Å². The van der Waals surface area contributed by atoms with Gasteiger partial charge in [-0.2, -0.15) is 0 Å². The predicted octanol–water partition coefficient (Wildman–Crippen LogP) is 4.88. The Balaban J connectivity index is 0.00000306. The number of nitrogens with zero attached hydrogens (tertiary/aromatic N) is 3. The summed E-state index contributed by atoms with van der Waals surface area (Å²) in [5.41, 5.74) is 2.12. The number of fused-ring (bicyclic) bond motifs is 1. The van der Waals surface area contributed by atoms with E-state index in [1.54, 1.807) is 30.2 Å². The number of hydrogen-bond acceptors (Lipinski definition) is 7. The Bertz CT molecular complexity index is 1040. The third kappa shape index (κ3) is 6.83. The zero-order chi connectivity index (χ0) is 22.3. The minimum absolute atomic E-state index is 0. The maximum atomic E-state index is 13.3. The summed E-state index contributed by atoms with van der Waals surface area (Å²) in [5.74, 6) is 1.28. The van der Waals surface area contributed by atoms with Gasteiger partial charge in [0.05, 0.1) is 36.3 Å². The summed E-state index contributed by atoms with van der Waals surface area (Å²) in [4.78, 5) is 23.5. The van der Waals surface area contributed by atoms with Crippen LogP contribution in [0.3, 0.4) is 0 Å². The van der Waals surface area contributed by atoms with Gasteiger partial charge >= 0.3 is 0 Å². The quantitative estimate of drug-likeness (QED) is 0.385. The standard InChI is InChI=1S/C24H29N3O3S2.ClH/c1-18-5-3-6-21-23(18)25-24(32-21)27(12-4-11-26-13-15-30-16-14-26)22(28)17-31-20-9-7-19(29-2)8-10-20;/h3,5-10H,4,11-17H2,1-2H3;1H. The number of para-hydroxylation sites is 1. The molecule has 0 radical (unpaired) electrons. The van der Waals surface area contributed by atoms with Crippen molar-refractivity contribution in [2.24, 2.45) is 0 Å². The van der Waals surface area contributed by atoms with Crippen molar-refractivity contribution in [3.05, 3.63) is 48.0 Å². The number of hydrogen-bond donors (Lipinski definition) is 0. The number of carbonyl (C=O) groups is 1. The molecule has 1 aliphatic heterocycles. The van der Waals surface area contributed by atoms with Crippen LogP contribution in [0.4, 0.5) is 5.13 Å². The molecule has 0 atom stereocenters. The molecule has 4 rings (SSSR count). The van der Waals surface area contributed by atoms with Gasteiger partial charge in [-0.15, -0.1) is 24.2 Å². The molecule has 0 aliphatic carbocycles. The van der Waals surface area contributed by atoms with Crippen LogP contribution in [-0.2, 0) is 9.53 Å². The number of ether oxygens (including phenoxy) is 2. The molecule has 0 N–H and O–H groups in total. The largest absolute Gasteiger partial charge is 0.497 e. The number of carbonyl (C=O) groups excluding carboxylic acids is 1. The first kappa shape index (κ1) is 25.8. The van der Waals surface area contributed by atoms with E-state index in [0.717, 1.165) is 70.8 Å². The summed E-state index contributed by atoms with van der Waals surface area (Å²) < 4.78 is 11.8. The zero-order valence-electron chi connectivity index (χ0n) is 19.0. The number of benzene rings is 2. The fraction of sp³-hybridized carbons (Fsp3) is 0.417.